The van der Waals surface area contributed by atoms with Gasteiger partial charge >= 0.3 is 0 Å². The number of amides is 1. The zero-order valence-corrected chi connectivity index (χ0v) is 11.9. The van der Waals surface area contributed by atoms with Crippen molar-refractivity contribution in [2.24, 2.45) is 5.92 Å². The van der Waals surface area contributed by atoms with Gasteiger partial charge in [-0.1, -0.05) is 13.8 Å². The molecule has 17 heavy (non-hydrogen) atoms. The molecule has 1 amide bonds. The van der Waals surface area contributed by atoms with Gasteiger partial charge in [0, 0.05) is 19.5 Å². The first-order valence-corrected chi connectivity index (χ1v) is 6.17. The largest absolute Gasteiger partial charge is 0.377 e. The molecule has 0 aromatic rings. The summed E-state index contributed by atoms with van der Waals surface area (Å²) in [6.45, 7) is 7.25. The number of nitrogens with one attached hydrogen (secondary N) is 1. The minimum absolute atomic E-state index is 0. The molecule has 1 fully saturated rings. The van der Waals surface area contributed by atoms with Gasteiger partial charge in [0.1, 0.15) is 0 Å². The van der Waals surface area contributed by atoms with Crippen LogP contribution in [0.4, 0.5) is 0 Å². The van der Waals surface area contributed by atoms with E-state index in [-0.39, 0.29) is 24.4 Å². The molecule has 0 aromatic heterocycles. The number of rotatable bonds is 5. The Balaban J connectivity index is 0.00000256. The van der Waals surface area contributed by atoms with E-state index in [1.807, 2.05) is 11.9 Å². The van der Waals surface area contributed by atoms with Crippen LogP contribution in [0.25, 0.3) is 0 Å². The molecule has 1 rings (SSSR count). The predicted molar refractivity (Wildman–Crippen MR) is 71.6 cm³/mol. The first-order chi connectivity index (χ1) is 7.65. The molecule has 0 aliphatic carbocycles. The molecule has 5 heteroatoms. The summed E-state index contributed by atoms with van der Waals surface area (Å²) in [7, 11) is 1.87. The summed E-state index contributed by atoms with van der Waals surface area (Å²) in [6.07, 6.45) is 1.62. The maximum Gasteiger partial charge on any atom is 0.224 e. The fourth-order valence-corrected chi connectivity index (χ4v) is 2.10. The van der Waals surface area contributed by atoms with Crippen LogP contribution in [0.15, 0.2) is 0 Å². The van der Waals surface area contributed by atoms with Gasteiger partial charge in [0.2, 0.25) is 5.91 Å². The van der Waals surface area contributed by atoms with Crippen molar-refractivity contribution in [2.75, 3.05) is 33.4 Å². The number of hydrogen-bond acceptors (Lipinski definition) is 3. The van der Waals surface area contributed by atoms with Crippen molar-refractivity contribution in [3.8, 4) is 0 Å². The highest BCUT2D eigenvalue weighted by Crippen LogP contribution is 2.16. The topological polar surface area (TPSA) is 41.6 Å². The van der Waals surface area contributed by atoms with Crippen LogP contribution in [-0.2, 0) is 9.53 Å². The first-order valence-electron chi connectivity index (χ1n) is 6.17. The van der Waals surface area contributed by atoms with Gasteiger partial charge in [-0.2, -0.15) is 0 Å². The average molecular weight is 265 g/mol. The highest BCUT2D eigenvalue weighted by atomic mass is 35.5. The van der Waals surface area contributed by atoms with Gasteiger partial charge in [0.05, 0.1) is 19.3 Å². The van der Waals surface area contributed by atoms with Crippen LogP contribution in [0.1, 0.15) is 26.7 Å². The van der Waals surface area contributed by atoms with Gasteiger partial charge < -0.3 is 15.0 Å². The molecule has 0 bridgehead atoms. The van der Waals surface area contributed by atoms with Crippen LogP contribution in [0, 0.1) is 5.92 Å². The normalized spacial score (nSPS) is 20.2. The van der Waals surface area contributed by atoms with Gasteiger partial charge in [-0.05, 0) is 19.4 Å². The monoisotopic (exact) mass is 264 g/mol. The molecule has 1 unspecified atom stereocenters. The Hall–Kier alpha value is -0.320. The van der Waals surface area contributed by atoms with E-state index >= 15 is 0 Å². The van der Waals surface area contributed by atoms with Crippen LogP contribution in [0.3, 0.4) is 0 Å². The molecule has 0 saturated carbocycles. The number of hydrogen-bond donors (Lipinski definition) is 1. The van der Waals surface area contributed by atoms with Crippen molar-refractivity contribution < 1.29 is 9.53 Å². The molecule has 0 radical (unpaired) electrons. The van der Waals surface area contributed by atoms with Crippen LogP contribution in [0.5, 0.6) is 0 Å². The average Bonchev–Trinajstić information content (AvgIpc) is 2.26. The van der Waals surface area contributed by atoms with E-state index in [4.69, 9.17) is 4.74 Å². The van der Waals surface area contributed by atoms with Crippen LogP contribution in [0.2, 0.25) is 0 Å². The molecular weight excluding hydrogens is 240 g/mol. The Labute approximate surface area is 110 Å². The maximum absolute atomic E-state index is 12.0. The number of carbonyl (C=O) groups is 1. The Morgan fingerprint density at radius 2 is 2.24 bits per heavy atom. The van der Waals surface area contributed by atoms with Crippen LogP contribution in [-0.4, -0.2) is 50.2 Å². The molecule has 1 saturated heterocycles. The zero-order chi connectivity index (χ0) is 12.0. The number of carbonyl (C=O) groups excluding carboxylic acids is 1. The van der Waals surface area contributed by atoms with E-state index in [1.54, 1.807) is 0 Å². The Morgan fingerprint density at radius 3 is 2.82 bits per heavy atom. The third-order valence-electron chi connectivity index (χ3n) is 2.88. The Kier molecular flexibility index (Phi) is 8.56. The summed E-state index contributed by atoms with van der Waals surface area (Å²) in [5, 5.41) is 3.01. The fourth-order valence-electron chi connectivity index (χ4n) is 2.10. The highest BCUT2D eigenvalue weighted by molar-refractivity contribution is 5.85. The fraction of sp³-hybridized carbons (Fsp3) is 0.917. The zero-order valence-electron chi connectivity index (χ0n) is 11.1. The van der Waals surface area contributed by atoms with E-state index in [1.165, 1.54) is 0 Å². The van der Waals surface area contributed by atoms with Gasteiger partial charge in [0.15, 0.2) is 0 Å². The minimum Gasteiger partial charge on any atom is -0.377 e. The van der Waals surface area contributed by atoms with E-state index in [9.17, 15) is 4.79 Å². The molecule has 1 N–H and O–H groups in total. The van der Waals surface area contributed by atoms with Crippen molar-refractivity contribution in [1.29, 1.82) is 0 Å². The lowest BCUT2D eigenvalue weighted by Gasteiger charge is -2.36. The third kappa shape index (κ3) is 5.70. The lowest BCUT2D eigenvalue weighted by molar-refractivity contribution is -0.140. The lowest BCUT2D eigenvalue weighted by atomic mass is 10.0. The smallest absolute Gasteiger partial charge is 0.224 e. The first kappa shape index (κ1) is 16.7. The SMILES string of the molecule is CNCCC(=O)N1CCOCC1CC(C)C.Cl. The van der Waals surface area contributed by atoms with Crippen molar-refractivity contribution in [2.45, 2.75) is 32.7 Å². The van der Waals surface area contributed by atoms with Crippen molar-refractivity contribution in [3.63, 3.8) is 0 Å². The Bertz CT molecular complexity index is 225. The lowest BCUT2D eigenvalue weighted by Crippen LogP contribution is -2.49. The second-order valence-corrected chi connectivity index (χ2v) is 4.80. The summed E-state index contributed by atoms with van der Waals surface area (Å²) < 4.78 is 5.46. The standard InChI is InChI=1S/C12H24N2O2.ClH/c1-10(2)8-11-9-16-7-6-14(11)12(15)4-5-13-3;/h10-11,13H,4-9H2,1-3H3;1H. The molecule has 0 aromatic carbocycles. The summed E-state index contributed by atoms with van der Waals surface area (Å²) in [6, 6.07) is 0.276. The third-order valence-corrected chi connectivity index (χ3v) is 2.88. The van der Waals surface area contributed by atoms with Crippen LogP contribution < -0.4 is 5.32 Å². The number of ether oxygens (including phenoxy) is 1. The number of nitrogens with zero attached hydrogens (tertiary/aromatic N) is 1. The van der Waals surface area contributed by atoms with E-state index in [0.29, 0.717) is 25.6 Å². The molecular formula is C12H25ClN2O2. The molecule has 102 valence electrons. The second-order valence-electron chi connectivity index (χ2n) is 4.80. The molecule has 4 nitrogen and oxygen atoms in total. The second kappa shape index (κ2) is 8.72. The molecule has 1 atom stereocenters. The summed E-state index contributed by atoms with van der Waals surface area (Å²) in [4.78, 5) is 14.0. The Morgan fingerprint density at radius 1 is 1.53 bits per heavy atom. The summed E-state index contributed by atoms with van der Waals surface area (Å²) in [5.74, 6) is 0.856. The van der Waals surface area contributed by atoms with Crippen molar-refractivity contribution in [3.05, 3.63) is 0 Å². The van der Waals surface area contributed by atoms with Crippen molar-refractivity contribution >= 4 is 18.3 Å². The highest BCUT2D eigenvalue weighted by Gasteiger charge is 2.27. The van der Waals surface area contributed by atoms with E-state index in [2.05, 4.69) is 19.2 Å². The van der Waals surface area contributed by atoms with Gasteiger partial charge in [-0.25, -0.2) is 0 Å². The summed E-state index contributed by atoms with van der Waals surface area (Å²) >= 11 is 0. The van der Waals surface area contributed by atoms with Crippen LogP contribution >= 0.6 is 12.4 Å². The predicted octanol–water partition coefficient (Wildman–Crippen LogP) is 1.29. The van der Waals surface area contributed by atoms with Gasteiger partial charge in [-0.3, -0.25) is 4.79 Å². The van der Waals surface area contributed by atoms with Gasteiger partial charge in [-0.15, -0.1) is 12.4 Å². The quantitative estimate of drug-likeness (QED) is 0.814. The van der Waals surface area contributed by atoms with Gasteiger partial charge in [0.25, 0.3) is 0 Å². The maximum atomic E-state index is 12.0. The number of halogens is 1. The molecule has 0 spiro atoms. The number of morpholine rings is 1. The molecule has 1 heterocycles. The van der Waals surface area contributed by atoms with E-state index in [0.717, 1.165) is 19.5 Å². The molecule has 1 aliphatic rings. The van der Waals surface area contributed by atoms with Crippen molar-refractivity contribution in [1.82, 2.24) is 10.2 Å². The summed E-state index contributed by atoms with van der Waals surface area (Å²) in [5.41, 5.74) is 0. The molecule has 1 aliphatic heterocycles. The minimum atomic E-state index is 0. The van der Waals surface area contributed by atoms with E-state index < -0.39 is 0 Å².